The number of hydrogen-bond acceptors (Lipinski definition) is 3. The van der Waals surface area contributed by atoms with Crippen LogP contribution < -0.4 is 0 Å². The van der Waals surface area contributed by atoms with Crippen LogP contribution in [0.25, 0.3) is 0 Å². The summed E-state index contributed by atoms with van der Waals surface area (Å²) in [6.45, 7) is 1.44. The van der Waals surface area contributed by atoms with Gasteiger partial charge in [-0.15, -0.1) is 0 Å². The Balaban J connectivity index is 1.88. The van der Waals surface area contributed by atoms with Gasteiger partial charge in [0.05, 0.1) is 13.1 Å². The first-order chi connectivity index (χ1) is 8.15. The third-order valence-electron chi connectivity index (χ3n) is 2.53. The number of carbonyl (C=O) groups is 1. The fourth-order valence-corrected chi connectivity index (χ4v) is 1.99. The van der Waals surface area contributed by atoms with Gasteiger partial charge in [-0.05, 0) is 17.7 Å². The van der Waals surface area contributed by atoms with Crippen LogP contribution in [0.15, 0.2) is 24.3 Å². The lowest BCUT2D eigenvalue weighted by atomic mass is 10.1. The van der Waals surface area contributed by atoms with Crippen molar-refractivity contribution in [2.24, 2.45) is 0 Å². The van der Waals surface area contributed by atoms with E-state index < -0.39 is 0 Å². The number of cyclic esters (lactones) is 1. The van der Waals surface area contributed by atoms with E-state index in [4.69, 9.17) is 17.0 Å². The second-order valence-corrected chi connectivity index (χ2v) is 4.46. The Morgan fingerprint density at radius 3 is 2.71 bits per heavy atom. The van der Waals surface area contributed by atoms with E-state index >= 15 is 0 Å². The summed E-state index contributed by atoms with van der Waals surface area (Å²) in [7, 11) is 0. The molecular formula is C12H12FNO2S. The molecule has 1 heterocycles. The number of benzene rings is 1. The van der Waals surface area contributed by atoms with Crippen molar-refractivity contribution in [1.29, 1.82) is 0 Å². The van der Waals surface area contributed by atoms with Crippen molar-refractivity contribution >= 4 is 23.2 Å². The van der Waals surface area contributed by atoms with Crippen LogP contribution in [0.5, 0.6) is 0 Å². The molecule has 1 aromatic rings. The first kappa shape index (κ1) is 12.0. The van der Waals surface area contributed by atoms with E-state index in [1.165, 1.54) is 12.1 Å². The average Bonchev–Trinajstić information content (AvgIpc) is 2.68. The molecule has 0 radical (unpaired) electrons. The third-order valence-corrected chi connectivity index (χ3v) is 2.80. The number of amides is 1. The predicted octanol–water partition coefficient (Wildman–Crippen LogP) is 2.19. The summed E-state index contributed by atoms with van der Waals surface area (Å²) >= 11 is 5.22. The van der Waals surface area contributed by atoms with Gasteiger partial charge in [0.2, 0.25) is 0 Å². The second kappa shape index (κ2) is 5.23. The molecule has 1 aromatic carbocycles. The Kier molecular flexibility index (Phi) is 3.68. The molecule has 0 atom stereocenters. The average molecular weight is 253 g/mol. The van der Waals surface area contributed by atoms with E-state index in [0.29, 0.717) is 26.1 Å². The molecule has 90 valence electrons. The molecule has 5 heteroatoms. The van der Waals surface area contributed by atoms with Crippen LogP contribution >= 0.6 is 12.2 Å². The van der Waals surface area contributed by atoms with Crippen molar-refractivity contribution < 1.29 is 13.9 Å². The monoisotopic (exact) mass is 253 g/mol. The minimum Gasteiger partial charge on any atom is -0.448 e. The second-order valence-electron chi connectivity index (χ2n) is 3.88. The highest BCUT2D eigenvalue weighted by Gasteiger charge is 2.22. The minimum atomic E-state index is -0.313. The molecule has 0 bridgehead atoms. The molecule has 1 saturated heterocycles. The maximum absolute atomic E-state index is 12.7. The van der Waals surface area contributed by atoms with Crippen LogP contribution in [0.4, 0.5) is 9.18 Å². The van der Waals surface area contributed by atoms with Crippen LogP contribution in [0.2, 0.25) is 0 Å². The maximum Gasteiger partial charge on any atom is 0.410 e. The zero-order chi connectivity index (χ0) is 12.3. The molecule has 1 amide bonds. The molecule has 0 aliphatic carbocycles. The number of rotatable bonds is 4. The van der Waals surface area contributed by atoms with Gasteiger partial charge in [0.15, 0.2) is 0 Å². The summed E-state index contributed by atoms with van der Waals surface area (Å²) in [5, 5.41) is 0. The van der Waals surface area contributed by atoms with Gasteiger partial charge in [0, 0.05) is 11.3 Å². The number of ether oxygens (including phenoxy) is 1. The van der Waals surface area contributed by atoms with Crippen molar-refractivity contribution in [1.82, 2.24) is 4.90 Å². The van der Waals surface area contributed by atoms with Crippen molar-refractivity contribution in [2.45, 2.75) is 6.42 Å². The van der Waals surface area contributed by atoms with E-state index in [0.717, 1.165) is 10.4 Å². The van der Waals surface area contributed by atoms with E-state index in [9.17, 15) is 9.18 Å². The Bertz CT molecular complexity index is 433. The van der Waals surface area contributed by atoms with Crippen molar-refractivity contribution in [3.63, 3.8) is 0 Å². The van der Waals surface area contributed by atoms with E-state index in [2.05, 4.69) is 0 Å². The van der Waals surface area contributed by atoms with Gasteiger partial charge in [-0.1, -0.05) is 24.4 Å². The molecule has 17 heavy (non-hydrogen) atoms. The van der Waals surface area contributed by atoms with Gasteiger partial charge < -0.3 is 4.74 Å². The zero-order valence-electron chi connectivity index (χ0n) is 9.19. The summed E-state index contributed by atoms with van der Waals surface area (Å²) < 4.78 is 17.5. The first-order valence-electron chi connectivity index (χ1n) is 5.33. The van der Waals surface area contributed by atoms with Gasteiger partial charge in [-0.2, -0.15) is 0 Å². The highest BCUT2D eigenvalue weighted by Crippen LogP contribution is 2.08. The molecule has 0 N–H and O–H groups in total. The van der Waals surface area contributed by atoms with E-state index in [-0.39, 0.29) is 11.9 Å². The molecular weight excluding hydrogens is 241 g/mol. The van der Waals surface area contributed by atoms with Crippen LogP contribution in [0, 0.1) is 5.82 Å². The smallest absolute Gasteiger partial charge is 0.410 e. The highest BCUT2D eigenvalue weighted by molar-refractivity contribution is 7.80. The number of nitrogens with zero attached hydrogens (tertiary/aromatic N) is 1. The van der Waals surface area contributed by atoms with Gasteiger partial charge in [0.25, 0.3) is 0 Å². The van der Waals surface area contributed by atoms with Crippen molar-refractivity contribution in [3.8, 4) is 0 Å². The SMILES string of the molecule is O=C1OCCN1CC(=S)Cc1ccc(F)cc1. The largest absolute Gasteiger partial charge is 0.448 e. The molecule has 0 saturated carbocycles. The summed E-state index contributed by atoms with van der Waals surface area (Å²) in [6, 6.07) is 6.21. The Hall–Kier alpha value is -1.49. The molecule has 0 unspecified atom stereocenters. The van der Waals surface area contributed by atoms with Crippen LogP contribution in [0.3, 0.4) is 0 Å². The number of halogens is 1. The van der Waals surface area contributed by atoms with Crippen LogP contribution in [0.1, 0.15) is 5.56 Å². The topological polar surface area (TPSA) is 29.5 Å². The standard InChI is InChI=1S/C12H12FNO2S/c13-10-3-1-9(2-4-10)7-11(17)8-14-5-6-16-12(14)15/h1-4H,5-8H2. The van der Waals surface area contributed by atoms with Gasteiger partial charge >= 0.3 is 6.09 Å². The molecule has 0 aromatic heterocycles. The zero-order valence-corrected chi connectivity index (χ0v) is 10.0. The number of hydrogen-bond donors (Lipinski definition) is 0. The predicted molar refractivity (Wildman–Crippen MR) is 65.6 cm³/mol. The first-order valence-corrected chi connectivity index (χ1v) is 5.74. The lowest BCUT2D eigenvalue weighted by Gasteiger charge is -2.13. The molecule has 1 fully saturated rings. The molecule has 3 nitrogen and oxygen atoms in total. The fraction of sp³-hybridized carbons (Fsp3) is 0.333. The molecule has 1 aliphatic rings. The van der Waals surface area contributed by atoms with Crippen LogP contribution in [-0.2, 0) is 11.2 Å². The lowest BCUT2D eigenvalue weighted by molar-refractivity contribution is 0.161. The summed E-state index contributed by atoms with van der Waals surface area (Å²) in [5.74, 6) is -0.261. The molecule has 2 rings (SSSR count). The third kappa shape index (κ3) is 3.23. The Morgan fingerprint density at radius 1 is 1.41 bits per heavy atom. The Labute approximate surface area is 104 Å². The van der Waals surface area contributed by atoms with Gasteiger partial charge in [-0.3, -0.25) is 4.90 Å². The summed E-state index contributed by atoms with van der Waals surface area (Å²) in [4.78, 5) is 13.5. The number of thiocarbonyl (C=S) groups is 1. The maximum atomic E-state index is 12.7. The summed E-state index contributed by atoms with van der Waals surface area (Å²) in [5.41, 5.74) is 0.948. The number of carbonyl (C=O) groups excluding carboxylic acids is 1. The normalized spacial score (nSPS) is 14.9. The highest BCUT2D eigenvalue weighted by atomic mass is 32.1. The van der Waals surface area contributed by atoms with Crippen molar-refractivity contribution in [3.05, 3.63) is 35.6 Å². The van der Waals surface area contributed by atoms with Crippen LogP contribution in [-0.4, -0.2) is 35.6 Å². The quantitative estimate of drug-likeness (QED) is 0.770. The summed E-state index contributed by atoms with van der Waals surface area (Å²) in [6.07, 6.45) is 0.255. The van der Waals surface area contributed by atoms with Crippen molar-refractivity contribution in [2.75, 3.05) is 19.7 Å². The van der Waals surface area contributed by atoms with Gasteiger partial charge in [0.1, 0.15) is 12.4 Å². The van der Waals surface area contributed by atoms with Gasteiger partial charge in [-0.25, -0.2) is 9.18 Å². The molecule has 1 aliphatic heterocycles. The van der Waals surface area contributed by atoms with E-state index in [1.807, 2.05) is 0 Å². The molecule has 0 spiro atoms. The lowest BCUT2D eigenvalue weighted by Crippen LogP contribution is -2.30. The van der Waals surface area contributed by atoms with E-state index in [1.54, 1.807) is 17.0 Å². The Morgan fingerprint density at radius 2 is 2.12 bits per heavy atom. The fourth-order valence-electron chi connectivity index (χ4n) is 1.67. The minimum absolute atomic E-state index is 0.261.